The Balaban J connectivity index is 1.70. The lowest BCUT2D eigenvalue weighted by Gasteiger charge is -2.31. The summed E-state index contributed by atoms with van der Waals surface area (Å²) in [6, 6.07) is 15.5. The summed E-state index contributed by atoms with van der Waals surface area (Å²) in [5.41, 5.74) is 3.13. The minimum absolute atomic E-state index is 0.0618. The van der Waals surface area contributed by atoms with Crippen LogP contribution in [0.5, 0.6) is 11.5 Å². The maximum absolute atomic E-state index is 12.4. The second-order valence-corrected chi connectivity index (χ2v) is 7.66. The van der Waals surface area contributed by atoms with Crippen LogP contribution in [-0.4, -0.2) is 29.4 Å². The summed E-state index contributed by atoms with van der Waals surface area (Å²) in [5.74, 6) is 0.0498. The first-order valence-electron chi connectivity index (χ1n) is 10.4. The van der Waals surface area contributed by atoms with Crippen molar-refractivity contribution in [3.63, 3.8) is 0 Å². The maximum Gasteiger partial charge on any atom is 0.341 e. The number of pyridine rings is 1. The maximum atomic E-state index is 12.4. The molecule has 160 valence electrons. The average molecular weight is 419 g/mol. The molecule has 1 N–H and O–H groups in total. The van der Waals surface area contributed by atoms with E-state index in [9.17, 15) is 14.7 Å². The molecular weight excluding hydrogens is 394 g/mol. The molecule has 0 bridgehead atoms. The van der Waals surface area contributed by atoms with E-state index in [4.69, 9.17) is 9.47 Å². The molecule has 0 saturated heterocycles. The van der Waals surface area contributed by atoms with Gasteiger partial charge in [0.05, 0.1) is 19.4 Å². The van der Waals surface area contributed by atoms with Crippen molar-refractivity contribution < 1.29 is 19.4 Å². The van der Waals surface area contributed by atoms with Crippen LogP contribution in [0.15, 0.2) is 59.5 Å². The van der Waals surface area contributed by atoms with Gasteiger partial charge in [-0.15, -0.1) is 0 Å². The van der Waals surface area contributed by atoms with Gasteiger partial charge >= 0.3 is 5.97 Å². The fraction of sp³-hybridized carbons (Fsp3) is 0.280. The number of hydrogen-bond donors (Lipinski definition) is 1. The first-order chi connectivity index (χ1) is 15.0. The van der Waals surface area contributed by atoms with Crippen molar-refractivity contribution in [2.75, 3.05) is 13.7 Å². The van der Waals surface area contributed by atoms with Crippen molar-refractivity contribution in [1.29, 1.82) is 0 Å². The number of carboxylic acid groups (broad SMARTS) is 1. The first kappa shape index (κ1) is 20.7. The van der Waals surface area contributed by atoms with Gasteiger partial charge in [-0.2, -0.15) is 0 Å². The Kier molecular flexibility index (Phi) is 5.80. The number of rotatable bonds is 7. The molecule has 0 radical (unpaired) electrons. The van der Waals surface area contributed by atoms with Crippen LogP contribution in [0.4, 0.5) is 0 Å². The second-order valence-electron chi connectivity index (χ2n) is 7.66. The third-order valence-corrected chi connectivity index (χ3v) is 5.79. The van der Waals surface area contributed by atoms with Crippen LogP contribution in [0.1, 0.15) is 40.9 Å². The minimum atomic E-state index is -1.21. The summed E-state index contributed by atoms with van der Waals surface area (Å²) in [4.78, 5) is 23.8. The molecule has 4 rings (SSSR count). The predicted molar refractivity (Wildman–Crippen MR) is 118 cm³/mol. The van der Waals surface area contributed by atoms with Crippen molar-refractivity contribution in [1.82, 2.24) is 4.57 Å². The molecule has 1 unspecified atom stereocenters. The topological polar surface area (TPSA) is 77.8 Å². The molecule has 0 spiro atoms. The molecule has 2 aromatic carbocycles. The Bertz CT molecular complexity index is 1170. The molecular formula is C25H25NO5. The van der Waals surface area contributed by atoms with E-state index >= 15 is 0 Å². The average Bonchev–Trinajstić information content (AvgIpc) is 2.78. The Morgan fingerprint density at radius 2 is 1.94 bits per heavy atom. The number of aromatic carboxylic acids is 1. The fourth-order valence-corrected chi connectivity index (χ4v) is 4.13. The second kappa shape index (κ2) is 8.68. The summed E-state index contributed by atoms with van der Waals surface area (Å²) < 4.78 is 13.5. The molecule has 0 aliphatic carbocycles. The van der Waals surface area contributed by atoms with Crippen LogP contribution in [-0.2, 0) is 12.8 Å². The van der Waals surface area contributed by atoms with Crippen molar-refractivity contribution in [3.8, 4) is 22.8 Å². The molecule has 31 heavy (non-hydrogen) atoms. The molecule has 0 saturated carbocycles. The Morgan fingerprint density at radius 1 is 1.16 bits per heavy atom. The number of carboxylic acids is 1. The Morgan fingerprint density at radius 3 is 2.61 bits per heavy atom. The zero-order valence-electron chi connectivity index (χ0n) is 17.6. The molecule has 2 heterocycles. The summed E-state index contributed by atoms with van der Waals surface area (Å²) in [6.45, 7) is 2.58. The molecule has 6 nitrogen and oxygen atoms in total. The number of carbonyl (C=O) groups is 1. The fourth-order valence-electron chi connectivity index (χ4n) is 4.13. The van der Waals surface area contributed by atoms with Crippen molar-refractivity contribution in [2.24, 2.45) is 0 Å². The summed E-state index contributed by atoms with van der Waals surface area (Å²) in [5, 5.41) is 9.35. The van der Waals surface area contributed by atoms with E-state index in [1.54, 1.807) is 7.11 Å². The quantitative estimate of drug-likeness (QED) is 0.616. The van der Waals surface area contributed by atoms with Gasteiger partial charge in [-0.05, 0) is 36.1 Å². The normalized spacial score (nSPS) is 14.5. The number of methoxy groups -OCH3 is 1. The van der Waals surface area contributed by atoms with E-state index in [1.165, 1.54) is 17.8 Å². The molecule has 1 aliphatic rings. The summed E-state index contributed by atoms with van der Waals surface area (Å²) in [6.07, 6.45) is 3.78. The van der Waals surface area contributed by atoms with Gasteiger partial charge in [0.2, 0.25) is 0 Å². The van der Waals surface area contributed by atoms with E-state index in [-0.39, 0.29) is 11.6 Å². The summed E-state index contributed by atoms with van der Waals surface area (Å²) >= 11 is 0. The van der Waals surface area contributed by atoms with Gasteiger partial charge in [0.15, 0.2) is 16.9 Å². The van der Waals surface area contributed by atoms with Gasteiger partial charge in [0.25, 0.3) is 0 Å². The first-order valence-corrected chi connectivity index (χ1v) is 10.4. The molecule has 1 atom stereocenters. The van der Waals surface area contributed by atoms with E-state index in [0.29, 0.717) is 23.8 Å². The predicted octanol–water partition coefficient (Wildman–Crippen LogP) is 4.35. The lowest BCUT2D eigenvalue weighted by Crippen LogP contribution is -2.25. The monoisotopic (exact) mass is 419 g/mol. The van der Waals surface area contributed by atoms with Crippen LogP contribution in [0.3, 0.4) is 0 Å². The Hall–Kier alpha value is -3.54. The zero-order valence-corrected chi connectivity index (χ0v) is 17.6. The largest absolute Gasteiger partial charge is 0.493 e. The third-order valence-electron chi connectivity index (χ3n) is 5.79. The lowest BCUT2D eigenvalue weighted by atomic mass is 9.90. The summed E-state index contributed by atoms with van der Waals surface area (Å²) in [7, 11) is 1.59. The van der Waals surface area contributed by atoms with Gasteiger partial charge in [0.1, 0.15) is 5.56 Å². The van der Waals surface area contributed by atoms with Crippen LogP contribution in [0.25, 0.3) is 11.3 Å². The Labute approximate surface area is 180 Å². The van der Waals surface area contributed by atoms with Gasteiger partial charge in [-0.25, -0.2) is 4.79 Å². The van der Waals surface area contributed by atoms with Crippen molar-refractivity contribution in [2.45, 2.75) is 32.2 Å². The molecule has 1 aromatic heterocycles. The lowest BCUT2D eigenvalue weighted by molar-refractivity contribution is 0.0694. The highest BCUT2D eigenvalue weighted by atomic mass is 16.5. The van der Waals surface area contributed by atoms with Gasteiger partial charge in [-0.1, -0.05) is 37.3 Å². The third kappa shape index (κ3) is 4.06. The van der Waals surface area contributed by atoms with Gasteiger partial charge in [-0.3, -0.25) is 4.79 Å². The number of aromatic nitrogens is 1. The SMILES string of the molecule is CCC1Cc2cc(OCCc3ccccc3)c(OC)cc2-c2cc(=O)c(C(=O)O)cn21. The van der Waals surface area contributed by atoms with Crippen LogP contribution in [0.2, 0.25) is 0 Å². The molecule has 6 heteroatoms. The smallest absolute Gasteiger partial charge is 0.341 e. The zero-order chi connectivity index (χ0) is 22.0. The standard InChI is InChI=1S/C25H25NO5/c1-3-18-11-17-12-24(31-10-9-16-7-5-4-6-8-16)23(30-2)13-19(17)21-14-22(27)20(25(28)29)15-26(18)21/h4-8,12-15,18H,3,9-11H2,1-2H3,(H,28,29). The van der Waals surface area contributed by atoms with Gasteiger partial charge < -0.3 is 19.1 Å². The number of ether oxygens (including phenoxy) is 2. The van der Waals surface area contributed by atoms with Gasteiger partial charge in [0, 0.05) is 30.3 Å². The number of benzene rings is 2. The van der Waals surface area contributed by atoms with Crippen LogP contribution < -0.4 is 14.9 Å². The van der Waals surface area contributed by atoms with Crippen molar-refractivity contribution >= 4 is 5.97 Å². The minimum Gasteiger partial charge on any atom is -0.493 e. The van der Waals surface area contributed by atoms with E-state index in [0.717, 1.165) is 30.4 Å². The van der Waals surface area contributed by atoms with E-state index < -0.39 is 11.4 Å². The highest BCUT2D eigenvalue weighted by molar-refractivity contribution is 5.87. The van der Waals surface area contributed by atoms with Crippen LogP contribution >= 0.6 is 0 Å². The molecule has 3 aromatic rings. The highest BCUT2D eigenvalue weighted by Crippen LogP contribution is 2.41. The number of fused-ring (bicyclic) bond motifs is 3. The molecule has 0 amide bonds. The highest BCUT2D eigenvalue weighted by Gasteiger charge is 2.27. The molecule has 0 fully saturated rings. The van der Waals surface area contributed by atoms with E-state index in [1.807, 2.05) is 34.9 Å². The van der Waals surface area contributed by atoms with Crippen molar-refractivity contribution in [3.05, 3.63) is 81.6 Å². The molecule has 1 aliphatic heterocycles. The number of nitrogens with zero attached hydrogens (tertiary/aromatic N) is 1. The van der Waals surface area contributed by atoms with E-state index in [2.05, 4.69) is 19.1 Å². The van der Waals surface area contributed by atoms with Crippen LogP contribution in [0, 0.1) is 0 Å². The number of hydrogen-bond acceptors (Lipinski definition) is 4.